The van der Waals surface area contributed by atoms with Crippen LogP contribution in [0.25, 0.3) is 16.9 Å². The number of hydrogen-bond donors (Lipinski definition) is 1. The Balaban J connectivity index is 0.000000253. The molecule has 3 heterocycles. The fourth-order valence-electron chi connectivity index (χ4n) is 6.92. The van der Waals surface area contributed by atoms with Gasteiger partial charge in [-0.2, -0.15) is 15.4 Å². The third-order valence-electron chi connectivity index (χ3n) is 10.2. The standard InChI is InChI=1S/C24H31N3O2.C20H25ClN2O5/c1-15-16(2)26-27(9)20(15)21(29-22(28)24(6,7)8)19(14-25)17-10-12-18(13-11-17)23(3,4)5;1-5-27-19(25)28-17-16(15-12(2)10-14(21)11-13(15)3)18(24)22-20(17)6-8-23(26-4)9-7-20/h10-13H,1-9H3;10-11H,5-9H2,1-4H3,(H,22,24)/b21-19-;. The molecule has 2 aliphatic heterocycles. The van der Waals surface area contributed by atoms with Gasteiger partial charge in [-0.1, -0.05) is 56.6 Å². The van der Waals surface area contributed by atoms with Gasteiger partial charge in [0.2, 0.25) is 0 Å². The molecule has 0 radical (unpaired) electrons. The molecule has 0 saturated carbocycles. The van der Waals surface area contributed by atoms with Crippen LogP contribution in [0.4, 0.5) is 4.79 Å². The molecule has 3 aromatic rings. The maximum atomic E-state index is 13.1. The topological polar surface area (TPSA) is 145 Å². The molecule has 1 spiro atoms. The largest absolute Gasteiger partial charge is 0.513 e. The quantitative estimate of drug-likeness (QED) is 0.140. The van der Waals surface area contributed by atoms with E-state index in [9.17, 15) is 19.6 Å². The number of hydrogen-bond acceptors (Lipinski definition) is 10. The summed E-state index contributed by atoms with van der Waals surface area (Å²) in [6.07, 6.45) is 0.289. The van der Waals surface area contributed by atoms with Gasteiger partial charge in [-0.25, -0.2) is 4.79 Å². The second-order valence-electron chi connectivity index (χ2n) is 16.5. The first kappa shape index (κ1) is 44.8. The minimum absolute atomic E-state index is 0.00627. The molecule has 1 N–H and O–H groups in total. The molecule has 0 atom stereocenters. The predicted molar refractivity (Wildman–Crippen MR) is 220 cm³/mol. The van der Waals surface area contributed by atoms with E-state index in [-0.39, 0.29) is 23.7 Å². The first-order valence-corrected chi connectivity index (χ1v) is 19.4. The summed E-state index contributed by atoms with van der Waals surface area (Å²) < 4.78 is 18.1. The Labute approximate surface area is 341 Å². The first-order valence-electron chi connectivity index (χ1n) is 19.0. The van der Waals surface area contributed by atoms with Crippen LogP contribution in [0, 0.1) is 44.4 Å². The van der Waals surface area contributed by atoms with Crippen LogP contribution >= 0.6 is 11.6 Å². The lowest BCUT2D eigenvalue weighted by Crippen LogP contribution is -2.53. The van der Waals surface area contributed by atoms with E-state index in [0.29, 0.717) is 59.1 Å². The maximum absolute atomic E-state index is 13.1. The second-order valence-corrected chi connectivity index (χ2v) is 17.0. The van der Waals surface area contributed by atoms with Crippen LogP contribution < -0.4 is 5.32 Å². The van der Waals surface area contributed by atoms with Gasteiger partial charge in [-0.15, -0.1) is 0 Å². The zero-order valence-corrected chi connectivity index (χ0v) is 36.3. The maximum Gasteiger partial charge on any atom is 0.513 e. The molecule has 5 rings (SSSR count). The molecular weight excluding hydrogens is 746 g/mol. The Kier molecular flexibility index (Phi) is 13.9. The summed E-state index contributed by atoms with van der Waals surface area (Å²) in [4.78, 5) is 43.3. The molecular formula is C44H56ClN5O7. The molecule has 1 saturated heterocycles. The second kappa shape index (κ2) is 17.7. The number of piperidine rings is 1. The van der Waals surface area contributed by atoms with Crippen molar-refractivity contribution in [3.8, 4) is 6.07 Å². The summed E-state index contributed by atoms with van der Waals surface area (Å²) in [7, 11) is 3.40. The van der Waals surface area contributed by atoms with Gasteiger partial charge in [0.25, 0.3) is 5.91 Å². The van der Waals surface area contributed by atoms with Gasteiger partial charge in [0, 0.05) is 30.7 Å². The smallest absolute Gasteiger partial charge is 0.434 e. The third-order valence-corrected chi connectivity index (χ3v) is 10.4. The average molecular weight is 802 g/mol. The van der Waals surface area contributed by atoms with Gasteiger partial charge in [0.05, 0.1) is 30.4 Å². The van der Waals surface area contributed by atoms with E-state index in [1.807, 2.05) is 57.0 Å². The monoisotopic (exact) mass is 801 g/mol. The minimum Gasteiger partial charge on any atom is -0.434 e. The number of aryl methyl sites for hydroxylation is 4. The highest BCUT2D eigenvalue weighted by atomic mass is 35.5. The van der Waals surface area contributed by atoms with Gasteiger partial charge in [0.1, 0.15) is 22.9 Å². The predicted octanol–water partition coefficient (Wildman–Crippen LogP) is 8.68. The number of esters is 1. The number of carbonyl (C=O) groups is 3. The number of ether oxygens (including phenoxy) is 3. The summed E-state index contributed by atoms with van der Waals surface area (Å²) in [5.41, 5.74) is 5.83. The summed E-state index contributed by atoms with van der Waals surface area (Å²) in [6.45, 7) is 22.5. The van der Waals surface area contributed by atoms with Gasteiger partial charge in [0.15, 0.2) is 11.5 Å². The summed E-state index contributed by atoms with van der Waals surface area (Å²) in [6, 6.07) is 13.7. The number of rotatable bonds is 7. The molecule has 0 unspecified atom stereocenters. The first-order chi connectivity index (χ1) is 26.6. The van der Waals surface area contributed by atoms with Gasteiger partial charge >= 0.3 is 12.1 Å². The number of halogens is 1. The van der Waals surface area contributed by atoms with Crippen LogP contribution in [-0.4, -0.2) is 65.2 Å². The highest BCUT2D eigenvalue weighted by molar-refractivity contribution is 6.31. The van der Waals surface area contributed by atoms with Crippen LogP contribution in [-0.2, 0) is 41.1 Å². The SMILES string of the molecule is CCOC(=O)OC1=C(c2c(C)cc(Cl)cc2C)C(=O)NC12CCN(OC)CC2.Cc1nn(C)c(/C(OC(=O)C(C)(C)C)=C(\C#N)c2ccc(C(C)(C)C)cc2)c1C. The van der Waals surface area contributed by atoms with Gasteiger partial charge < -0.3 is 24.4 Å². The van der Waals surface area contributed by atoms with E-state index in [1.165, 1.54) is 5.56 Å². The summed E-state index contributed by atoms with van der Waals surface area (Å²) >= 11 is 6.16. The zero-order valence-electron chi connectivity index (χ0n) is 35.5. The minimum atomic E-state index is -0.815. The number of carbonyl (C=O) groups excluding carboxylic acids is 3. The van der Waals surface area contributed by atoms with E-state index in [0.717, 1.165) is 27.9 Å². The van der Waals surface area contributed by atoms with E-state index in [2.05, 4.69) is 37.3 Å². The van der Waals surface area contributed by atoms with Crippen molar-refractivity contribution in [3.63, 3.8) is 0 Å². The van der Waals surface area contributed by atoms with E-state index in [4.69, 9.17) is 30.6 Å². The molecule has 1 aromatic heterocycles. The lowest BCUT2D eigenvalue weighted by molar-refractivity contribution is -0.152. The number of nitrogens with zero attached hydrogens (tertiary/aromatic N) is 4. The molecule has 306 valence electrons. The number of amides is 1. The van der Waals surface area contributed by atoms with Crippen LogP contribution in [0.2, 0.25) is 5.02 Å². The van der Waals surface area contributed by atoms with E-state index in [1.54, 1.807) is 58.7 Å². The van der Waals surface area contributed by atoms with Crippen molar-refractivity contribution in [2.75, 3.05) is 26.8 Å². The number of nitriles is 1. The van der Waals surface area contributed by atoms with Crippen molar-refractivity contribution in [2.24, 2.45) is 12.5 Å². The number of nitrogens with one attached hydrogen (secondary N) is 1. The fraction of sp³-hybridized carbons (Fsp3) is 0.477. The van der Waals surface area contributed by atoms with Gasteiger partial charge in [-0.05, 0) is 114 Å². The lowest BCUT2D eigenvalue weighted by atomic mass is 9.85. The van der Waals surface area contributed by atoms with Crippen molar-refractivity contribution < 1.29 is 33.4 Å². The lowest BCUT2D eigenvalue weighted by Gasteiger charge is -2.38. The van der Waals surface area contributed by atoms with Crippen molar-refractivity contribution >= 4 is 46.5 Å². The number of benzene rings is 2. The normalized spacial score (nSPS) is 16.0. The van der Waals surface area contributed by atoms with E-state index < -0.39 is 23.1 Å². The molecule has 2 aliphatic rings. The molecule has 12 nitrogen and oxygen atoms in total. The number of aromatic nitrogens is 2. The number of allylic oxidation sites excluding steroid dienone is 1. The Hall–Kier alpha value is -4.96. The summed E-state index contributed by atoms with van der Waals surface area (Å²) in [5.74, 6) is -0.0970. The van der Waals surface area contributed by atoms with Gasteiger partial charge in [-0.3, -0.25) is 14.3 Å². The molecule has 0 aliphatic carbocycles. The Morgan fingerprint density at radius 3 is 2.04 bits per heavy atom. The van der Waals surface area contributed by atoms with Crippen molar-refractivity contribution in [1.29, 1.82) is 5.26 Å². The van der Waals surface area contributed by atoms with Crippen LogP contribution in [0.1, 0.15) is 106 Å². The Morgan fingerprint density at radius 2 is 1.58 bits per heavy atom. The number of hydroxylamine groups is 2. The summed E-state index contributed by atoms with van der Waals surface area (Å²) in [5, 5.41) is 19.9. The average Bonchev–Trinajstić information content (AvgIpc) is 3.52. The molecule has 57 heavy (non-hydrogen) atoms. The highest BCUT2D eigenvalue weighted by Crippen LogP contribution is 2.43. The fourth-order valence-corrected chi connectivity index (χ4v) is 7.25. The third kappa shape index (κ3) is 9.96. The highest BCUT2D eigenvalue weighted by Gasteiger charge is 2.50. The molecule has 13 heteroatoms. The van der Waals surface area contributed by atoms with Crippen molar-refractivity contribution in [2.45, 2.75) is 100.0 Å². The Morgan fingerprint density at radius 1 is 1.00 bits per heavy atom. The van der Waals surface area contributed by atoms with Crippen LogP contribution in [0.5, 0.6) is 0 Å². The molecule has 0 bridgehead atoms. The molecule has 1 amide bonds. The van der Waals surface area contributed by atoms with Crippen LogP contribution in [0.3, 0.4) is 0 Å². The molecule has 1 fully saturated rings. The van der Waals surface area contributed by atoms with Crippen LogP contribution in [0.15, 0.2) is 42.2 Å². The zero-order chi connectivity index (χ0) is 42.6. The Bertz CT molecular complexity index is 2100. The van der Waals surface area contributed by atoms with Crippen molar-refractivity contribution in [3.05, 3.63) is 91.9 Å². The van der Waals surface area contributed by atoms with Crippen molar-refractivity contribution in [1.82, 2.24) is 20.2 Å². The van der Waals surface area contributed by atoms with E-state index >= 15 is 0 Å². The molecule has 2 aromatic carbocycles.